The first kappa shape index (κ1) is 11.4. The van der Waals surface area contributed by atoms with Crippen LogP contribution in [-0.2, 0) is 10.1 Å². The third kappa shape index (κ3) is 2.42. The molecule has 78 valence electrons. The lowest BCUT2D eigenvalue weighted by Gasteiger charge is -2.08. The highest BCUT2D eigenvalue weighted by Gasteiger charge is 2.27. The molecule has 0 atom stereocenters. The first-order chi connectivity index (χ1) is 6.32. The number of carbonyl (C=O) groups excluding carboxylic acids is 1. The third-order valence-electron chi connectivity index (χ3n) is 1.16. The van der Waals surface area contributed by atoms with Gasteiger partial charge in [0.15, 0.2) is 0 Å². The van der Waals surface area contributed by atoms with Crippen LogP contribution in [0.2, 0.25) is 4.34 Å². The number of nitrogens with zero attached hydrogens (tertiary/aromatic N) is 1. The molecule has 1 aromatic rings. The van der Waals surface area contributed by atoms with E-state index in [1.54, 1.807) is 0 Å². The monoisotopic (exact) mass is 257 g/mol. The van der Waals surface area contributed by atoms with E-state index >= 15 is 0 Å². The largest absolute Gasteiger partial charge is 0.394 e. The van der Waals surface area contributed by atoms with Gasteiger partial charge in [-0.2, -0.15) is 13.5 Å². The van der Waals surface area contributed by atoms with Crippen LogP contribution in [0.4, 0.5) is 9.80 Å². The summed E-state index contributed by atoms with van der Waals surface area (Å²) < 4.78 is 29.2. The van der Waals surface area contributed by atoms with Crippen LogP contribution < -0.4 is 5.06 Å². The Balaban J connectivity index is 2.97. The van der Waals surface area contributed by atoms with Gasteiger partial charge in [-0.1, -0.05) is 11.6 Å². The smallest absolute Gasteiger partial charge is 0.279 e. The highest BCUT2D eigenvalue weighted by atomic mass is 35.5. The summed E-state index contributed by atoms with van der Waals surface area (Å²) in [5.74, 6) is 0. The van der Waals surface area contributed by atoms with Gasteiger partial charge in [-0.3, -0.25) is 14.6 Å². The Morgan fingerprint density at radius 1 is 1.50 bits per heavy atom. The summed E-state index contributed by atoms with van der Waals surface area (Å²) in [5.41, 5.74) is 0. The van der Waals surface area contributed by atoms with Gasteiger partial charge in [0.1, 0.15) is 5.00 Å². The Hall–Kier alpha value is -0.670. The van der Waals surface area contributed by atoms with Gasteiger partial charge in [-0.05, 0) is 12.1 Å². The fraction of sp³-hybridized carbons (Fsp3) is 0. The predicted octanol–water partition coefficient (Wildman–Crippen LogP) is 1.60. The maximum atomic E-state index is 10.8. The minimum absolute atomic E-state index is 0.0994. The molecule has 1 amide bonds. The summed E-state index contributed by atoms with van der Waals surface area (Å²) in [7, 11) is -4.94. The van der Waals surface area contributed by atoms with Crippen molar-refractivity contribution >= 4 is 43.3 Å². The molecule has 0 aliphatic carbocycles. The van der Waals surface area contributed by atoms with Gasteiger partial charge >= 0.3 is 15.4 Å². The van der Waals surface area contributed by atoms with Crippen molar-refractivity contribution in [2.45, 2.75) is 0 Å². The molecule has 0 bridgehead atoms. The van der Waals surface area contributed by atoms with Gasteiger partial charge in [-0.25, -0.2) is 0 Å². The molecule has 0 aliphatic heterocycles. The molecule has 0 spiro atoms. The van der Waals surface area contributed by atoms with Crippen LogP contribution in [0.15, 0.2) is 12.1 Å². The summed E-state index contributed by atoms with van der Waals surface area (Å²) in [4.78, 5) is 10.8. The van der Waals surface area contributed by atoms with Gasteiger partial charge in [-0.15, -0.1) is 11.3 Å². The number of rotatable bonds is 1. The second kappa shape index (κ2) is 3.83. The van der Waals surface area contributed by atoms with Crippen molar-refractivity contribution in [2.75, 3.05) is 5.06 Å². The standard InChI is InChI=1S/C5H4ClNO5S2/c6-3-1-2-4(13-3)7(9)5(8)14(10,11)12/h1-2,9H,(H,10,11,12). The summed E-state index contributed by atoms with van der Waals surface area (Å²) in [6.45, 7) is 0. The average Bonchev–Trinajstić information content (AvgIpc) is 2.47. The fourth-order valence-electron chi connectivity index (χ4n) is 0.618. The number of anilines is 1. The van der Waals surface area contributed by atoms with E-state index < -0.39 is 15.4 Å². The SMILES string of the molecule is O=C(N(O)c1ccc(Cl)s1)S(=O)(=O)O. The molecular weight excluding hydrogens is 254 g/mol. The zero-order chi connectivity index (χ0) is 10.9. The van der Waals surface area contributed by atoms with Gasteiger partial charge < -0.3 is 0 Å². The highest BCUT2D eigenvalue weighted by Crippen LogP contribution is 2.29. The van der Waals surface area contributed by atoms with E-state index in [9.17, 15) is 13.2 Å². The number of hydrogen-bond donors (Lipinski definition) is 2. The van der Waals surface area contributed by atoms with Crippen LogP contribution in [0.1, 0.15) is 0 Å². The molecule has 1 heterocycles. The molecule has 0 aliphatic rings. The minimum atomic E-state index is -4.94. The molecule has 2 N–H and O–H groups in total. The second-order valence-corrected chi connectivity index (χ2v) is 5.12. The summed E-state index contributed by atoms with van der Waals surface area (Å²) in [6, 6.07) is 2.60. The summed E-state index contributed by atoms with van der Waals surface area (Å²) in [5, 5.41) is 6.92. The van der Waals surface area contributed by atoms with Crippen molar-refractivity contribution in [3.05, 3.63) is 16.5 Å². The van der Waals surface area contributed by atoms with E-state index in [1.807, 2.05) is 0 Å². The molecule has 0 fully saturated rings. The van der Waals surface area contributed by atoms with Crippen molar-refractivity contribution in [2.24, 2.45) is 0 Å². The zero-order valence-corrected chi connectivity index (χ0v) is 8.80. The molecule has 0 saturated carbocycles. The molecule has 14 heavy (non-hydrogen) atoms. The van der Waals surface area contributed by atoms with Crippen molar-refractivity contribution in [1.82, 2.24) is 0 Å². The number of carbonyl (C=O) groups is 1. The Morgan fingerprint density at radius 3 is 2.43 bits per heavy atom. The van der Waals surface area contributed by atoms with E-state index in [-0.39, 0.29) is 14.4 Å². The lowest BCUT2D eigenvalue weighted by atomic mass is 10.6. The zero-order valence-electron chi connectivity index (χ0n) is 6.42. The Kier molecular flexibility index (Phi) is 3.12. The maximum Gasteiger partial charge on any atom is 0.394 e. The summed E-state index contributed by atoms with van der Waals surface area (Å²) >= 11 is 6.27. The fourth-order valence-corrected chi connectivity index (χ4v) is 1.93. The first-order valence-electron chi connectivity index (χ1n) is 3.08. The number of thiophene rings is 1. The van der Waals surface area contributed by atoms with Gasteiger partial charge in [0.25, 0.3) is 0 Å². The van der Waals surface area contributed by atoms with Gasteiger partial charge in [0.2, 0.25) is 0 Å². The number of hydrogen-bond acceptors (Lipinski definition) is 5. The van der Waals surface area contributed by atoms with Crippen LogP contribution in [0, 0.1) is 0 Å². The van der Waals surface area contributed by atoms with Gasteiger partial charge in [0.05, 0.1) is 4.34 Å². The van der Waals surface area contributed by atoms with Crippen molar-refractivity contribution in [3.63, 3.8) is 0 Å². The van der Waals surface area contributed by atoms with E-state index in [4.69, 9.17) is 21.4 Å². The van der Waals surface area contributed by atoms with E-state index in [2.05, 4.69) is 0 Å². The highest BCUT2D eigenvalue weighted by molar-refractivity contribution is 8.01. The van der Waals surface area contributed by atoms with E-state index in [1.165, 1.54) is 12.1 Å². The lowest BCUT2D eigenvalue weighted by Crippen LogP contribution is -2.31. The molecule has 1 aromatic heterocycles. The van der Waals surface area contributed by atoms with Crippen LogP contribution in [0.25, 0.3) is 0 Å². The van der Waals surface area contributed by atoms with Crippen LogP contribution >= 0.6 is 22.9 Å². The van der Waals surface area contributed by atoms with Crippen LogP contribution in [-0.4, -0.2) is 23.4 Å². The second-order valence-electron chi connectivity index (χ2n) is 2.13. The molecule has 0 radical (unpaired) electrons. The van der Waals surface area contributed by atoms with Crippen molar-refractivity contribution in [1.29, 1.82) is 0 Å². The minimum Gasteiger partial charge on any atom is -0.279 e. The molecule has 0 saturated heterocycles. The average molecular weight is 258 g/mol. The quantitative estimate of drug-likeness (QED) is 0.453. The molecule has 1 rings (SSSR count). The van der Waals surface area contributed by atoms with E-state index in [0.29, 0.717) is 0 Å². The number of hydroxylamine groups is 1. The predicted molar refractivity (Wildman–Crippen MR) is 50.5 cm³/mol. The lowest BCUT2D eigenvalue weighted by molar-refractivity contribution is 0.221. The molecule has 6 nitrogen and oxygen atoms in total. The molecule has 9 heteroatoms. The third-order valence-corrected chi connectivity index (χ3v) is 2.98. The van der Waals surface area contributed by atoms with Crippen molar-refractivity contribution < 1.29 is 23.0 Å². The number of amides is 1. The summed E-state index contributed by atoms with van der Waals surface area (Å²) in [6.07, 6.45) is 0. The molecular formula is C5H4ClNO5S2. The van der Waals surface area contributed by atoms with Crippen molar-refractivity contribution in [3.8, 4) is 0 Å². The first-order valence-corrected chi connectivity index (χ1v) is 5.71. The van der Waals surface area contributed by atoms with Gasteiger partial charge in [0, 0.05) is 0 Å². The topological polar surface area (TPSA) is 94.9 Å². The Labute approximate surface area is 88.0 Å². The van der Waals surface area contributed by atoms with Crippen LogP contribution in [0.5, 0.6) is 0 Å². The molecule has 0 unspecified atom stereocenters. The van der Waals surface area contributed by atoms with E-state index in [0.717, 1.165) is 11.3 Å². The maximum absolute atomic E-state index is 10.8. The number of halogens is 1. The Bertz CT molecular complexity index is 452. The normalized spacial score (nSPS) is 11.4. The molecule has 0 aromatic carbocycles. The Morgan fingerprint density at radius 2 is 2.07 bits per heavy atom. The van der Waals surface area contributed by atoms with Crippen LogP contribution in [0.3, 0.4) is 0 Å².